The predicted molar refractivity (Wildman–Crippen MR) is 122 cm³/mol. The van der Waals surface area contributed by atoms with E-state index >= 15 is 0 Å². The molecule has 1 aliphatic heterocycles. The van der Waals surface area contributed by atoms with Crippen molar-refractivity contribution < 1.29 is 46.6 Å². The summed E-state index contributed by atoms with van der Waals surface area (Å²) in [6.07, 6.45) is -4.62. The van der Waals surface area contributed by atoms with Gasteiger partial charge in [-0.1, -0.05) is 18.2 Å². The number of nitrogens with zero attached hydrogens (tertiary/aromatic N) is 1. The molecule has 12 heteroatoms. The van der Waals surface area contributed by atoms with Crippen molar-refractivity contribution >= 4 is 23.8 Å². The molecule has 1 aliphatic rings. The number of alkyl halides is 3. The molecule has 37 heavy (non-hydrogen) atoms. The van der Waals surface area contributed by atoms with Crippen LogP contribution in [0.4, 0.5) is 13.2 Å². The smallest absolute Gasteiger partial charge is 0.416 e. The van der Waals surface area contributed by atoms with Crippen LogP contribution in [0.2, 0.25) is 0 Å². The monoisotopic (exact) mass is 522 g/mol. The van der Waals surface area contributed by atoms with E-state index in [1.807, 2.05) is 0 Å². The summed E-state index contributed by atoms with van der Waals surface area (Å²) in [5.41, 5.74) is -0.0470. The van der Waals surface area contributed by atoms with Gasteiger partial charge < -0.3 is 24.4 Å². The Morgan fingerprint density at radius 2 is 1.81 bits per heavy atom. The van der Waals surface area contributed by atoms with Gasteiger partial charge in [0.15, 0.2) is 6.61 Å². The molecule has 0 fully saturated rings. The first-order chi connectivity index (χ1) is 17.5. The molecular weight excluding hydrogens is 497 g/mol. The lowest BCUT2D eigenvalue weighted by atomic mass is 10.1. The summed E-state index contributed by atoms with van der Waals surface area (Å²) in [5.74, 6) is -2.02. The van der Waals surface area contributed by atoms with Gasteiger partial charge in [0.05, 0.1) is 19.8 Å². The van der Waals surface area contributed by atoms with Crippen molar-refractivity contribution in [3.63, 3.8) is 0 Å². The van der Waals surface area contributed by atoms with Crippen LogP contribution < -0.4 is 10.1 Å². The number of fused-ring (bicyclic) bond motifs is 1. The van der Waals surface area contributed by atoms with E-state index in [4.69, 9.17) is 9.47 Å². The number of carbonyl (C=O) groups is 4. The molecule has 1 atom stereocenters. The summed E-state index contributed by atoms with van der Waals surface area (Å²) in [6.45, 7) is -0.743. The fourth-order valence-corrected chi connectivity index (χ4v) is 3.90. The van der Waals surface area contributed by atoms with Gasteiger partial charge >= 0.3 is 18.1 Å². The number of nitrogens with one attached hydrogen (secondary N) is 1. The maximum Gasteiger partial charge on any atom is 0.416 e. The number of benzene rings is 2. The van der Waals surface area contributed by atoms with Gasteiger partial charge in [-0.05, 0) is 41.8 Å². The second-order valence-corrected chi connectivity index (χ2v) is 8.13. The maximum atomic E-state index is 13.1. The number of amides is 2. The van der Waals surface area contributed by atoms with Crippen LogP contribution >= 0.6 is 0 Å². The highest BCUT2D eigenvalue weighted by atomic mass is 19.4. The van der Waals surface area contributed by atoms with Crippen LogP contribution in [0, 0.1) is 0 Å². The van der Waals surface area contributed by atoms with Gasteiger partial charge in [0, 0.05) is 25.1 Å². The minimum Gasteiger partial charge on any atom is -0.484 e. The van der Waals surface area contributed by atoms with Gasteiger partial charge in [0.2, 0.25) is 0 Å². The Morgan fingerprint density at radius 3 is 2.49 bits per heavy atom. The fourth-order valence-electron chi connectivity index (χ4n) is 3.90. The highest BCUT2D eigenvalue weighted by Gasteiger charge is 2.37. The second kappa shape index (κ2) is 11.8. The number of carbonyl (C=O) groups excluding carboxylic acids is 4. The lowest BCUT2D eigenvalue weighted by Gasteiger charge is -2.25. The quantitative estimate of drug-likeness (QED) is 0.478. The van der Waals surface area contributed by atoms with Crippen molar-refractivity contribution in [2.45, 2.75) is 38.1 Å². The minimum absolute atomic E-state index is 0.0140. The zero-order valence-electron chi connectivity index (χ0n) is 20.1. The first kappa shape index (κ1) is 27.5. The molecule has 2 amide bonds. The van der Waals surface area contributed by atoms with Gasteiger partial charge in [-0.2, -0.15) is 13.2 Å². The van der Waals surface area contributed by atoms with Gasteiger partial charge in [0.1, 0.15) is 11.8 Å². The summed E-state index contributed by atoms with van der Waals surface area (Å²) in [7, 11) is 2.40. The van der Waals surface area contributed by atoms with E-state index in [0.29, 0.717) is 11.1 Å². The molecule has 0 radical (unpaired) electrons. The Balaban J connectivity index is 1.61. The van der Waals surface area contributed by atoms with Crippen molar-refractivity contribution in [1.29, 1.82) is 0 Å². The zero-order valence-corrected chi connectivity index (χ0v) is 20.1. The normalized spacial score (nSPS) is 13.5. The number of esters is 2. The van der Waals surface area contributed by atoms with Crippen molar-refractivity contribution in [3.8, 4) is 5.75 Å². The van der Waals surface area contributed by atoms with E-state index in [0.717, 1.165) is 6.07 Å². The average molecular weight is 522 g/mol. The summed E-state index contributed by atoms with van der Waals surface area (Å²) in [5, 5.41) is 2.39. The van der Waals surface area contributed by atoms with Gasteiger partial charge in [-0.3, -0.25) is 14.4 Å². The number of hydrogen-bond donors (Lipinski definition) is 1. The van der Waals surface area contributed by atoms with Crippen LogP contribution in [0.5, 0.6) is 5.75 Å². The third-order valence-electron chi connectivity index (χ3n) is 5.78. The number of hydrogen-bond acceptors (Lipinski definition) is 7. The number of ether oxygens (including phenoxy) is 3. The Labute approximate surface area is 210 Å². The van der Waals surface area contributed by atoms with E-state index in [9.17, 15) is 32.3 Å². The van der Waals surface area contributed by atoms with Crippen molar-refractivity contribution in [3.05, 3.63) is 64.7 Å². The molecular formula is C25H25F3N2O7. The topological polar surface area (TPSA) is 111 Å². The fraction of sp³-hybridized carbons (Fsp3) is 0.360. The first-order valence-electron chi connectivity index (χ1n) is 11.2. The molecule has 0 spiro atoms. The van der Waals surface area contributed by atoms with E-state index < -0.39 is 48.1 Å². The Kier molecular flexibility index (Phi) is 8.74. The SMILES string of the molecule is COC(=O)CCC(C(=O)OC)N1Cc2cc(OCC(=O)NCc3ccccc3C(F)(F)F)ccc2C1=O. The molecule has 0 saturated carbocycles. The van der Waals surface area contributed by atoms with E-state index in [2.05, 4.69) is 10.1 Å². The summed E-state index contributed by atoms with van der Waals surface area (Å²) >= 11 is 0. The first-order valence-corrected chi connectivity index (χ1v) is 11.2. The molecule has 2 aromatic carbocycles. The summed E-state index contributed by atoms with van der Waals surface area (Å²) in [4.78, 5) is 50.1. The molecule has 9 nitrogen and oxygen atoms in total. The molecule has 0 bridgehead atoms. The number of halogens is 3. The van der Waals surface area contributed by atoms with Crippen LogP contribution in [0.1, 0.15) is 39.9 Å². The zero-order chi connectivity index (χ0) is 27.2. The van der Waals surface area contributed by atoms with Gasteiger partial charge in [0.25, 0.3) is 11.8 Å². The van der Waals surface area contributed by atoms with Crippen LogP contribution in [-0.2, 0) is 43.1 Å². The lowest BCUT2D eigenvalue weighted by molar-refractivity contribution is -0.147. The molecule has 0 saturated heterocycles. The molecule has 1 N–H and O–H groups in total. The molecule has 198 valence electrons. The van der Waals surface area contributed by atoms with Crippen molar-refractivity contribution in [1.82, 2.24) is 10.2 Å². The lowest BCUT2D eigenvalue weighted by Crippen LogP contribution is -2.42. The van der Waals surface area contributed by atoms with Crippen LogP contribution in [0.25, 0.3) is 0 Å². The maximum absolute atomic E-state index is 13.1. The molecule has 0 aromatic heterocycles. The predicted octanol–water partition coefficient (Wildman–Crippen LogP) is 2.85. The molecule has 2 aromatic rings. The highest BCUT2D eigenvalue weighted by Crippen LogP contribution is 2.32. The largest absolute Gasteiger partial charge is 0.484 e. The molecule has 1 heterocycles. The average Bonchev–Trinajstić information content (AvgIpc) is 3.20. The molecule has 1 unspecified atom stereocenters. The van der Waals surface area contributed by atoms with Gasteiger partial charge in [-0.15, -0.1) is 0 Å². The van der Waals surface area contributed by atoms with E-state index in [1.165, 1.54) is 55.5 Å². The Hall–Kier alpha value is -4.09. The molecule has 0 aliphatic carbocycles. The Morgan fingerprint density at radius 1 is 1.08 bits per heavy atom. The van der Waals surface area contributed by atoms with Crippen molar-refractivity contribution in [2.75, 3.05) is 20.8 Å². The summed E-state index contributed by atoms with van der Waals surface area (Å²) in [6, 6.07) is 8.42. The van der Waals surface area contributed by atoms with Crippen LogP contribution in [0.15, 0.2) is 42.5 Å². The third-order valence-corrected chi connectivity index (χ3v) is 5.78. The third kappa shape index (κ3) is 6.78. The van der Waals surface area contributed by atoms with E-state index in [-0.39, 0.29) is 37.2 Å². The highest BCUT2D eigenvalue weighted by molar-refractivity contribution is 6.00. The standard InChI is InChI=1S/C25H25F3N2O7/c1-35-22(32)10-9-20(24(34)36-2)30-13-16-11-17(7-8-18(16)23(30)33)37-14-21(31)29-12-15-5-3-4-6-19(15)25(26,27)28/h3-8,11,20H,9-10,12-14H2,1-2H3,(H,29,31). The van der Waals surface area contributed by atoms with E-state index in [1.54, 1.807) is 0 Å². The molecule has 3 rings (SSSR count). The van der Waals surface area contributed by atoms with Crippen LogP contribution in [-0.4, -0.2) is 55.5 Å². The number of methoxy groups -OCH3 is 2. The van der Waals surface area contributed by atoms with Crippen LogP contribution in [0.3, 0.4) is 0 Å². The second-order valence-electron chi connectivity index (χ2n) is 8.13. The summed E-state index contributed by atoms with van der Waals surface area (Å²) < 4.78 is 54.2. The van der Waals surface area contributed by atoms with Gasteiger partial charge in [-0.25, -0.2) is 4.79 Å². The van der Waals surface area contributed by atoms with Crippen molar-refractivity contribution in [2.24, 2.45) is 0 Å². The Bertz CT molecular complexity index is 1180. The number of rotatable bonds is 10. The minimum atomic E-state index is -4.54.